The lowest BCUT2D eigenvalue weighted by Crippen LogP contribution is -2.05. The molecule has 0 fully saturated rings. The summed E-state index contributed by atoms with van der Waals surface area (Å²) in [6.45, 7) is 2.73. The maximum atomic E-state index is 6.37. The summed E-state index contributed by atoms with van der Waals surface area (Å²) in [6, 6.07) is 15.3. The van der Waals surface area contributed by atoms with Gasteiger partial charge < -0.3 is 20.6 Å². The first-order valence-electron chi connectivity index (χ1n) is 8.66. The van der Waals surface area contributed by atoms with Crippen molar-refractivity contribution in [3.05, 3.63) is 71.0 Å². The summed E-state index contributed by atoms with van der Waals surface area (Å²) in [5.74, 6) is 1.37. The normalized spacial score (nSPS) is 10.8. The van der Waals surface area contributed by atoms with Gasteiger partial charge in [-0.05, 0) is 30.7 Å². The number of halogens is 1. The number of rotatable bonds is 8. The number of anilines is 3. The Bertz CT molecular complexity index is 951. The van der Waals surface area contributed by atoms with Gasteiger partial charge in [0, 0.05) is 5.69 Å². The maximum absolute atomic E-state index is 6.37. The Kier molecular flexibility index (Phi) is 6.64. The number of ether oxygens (including phenoxy) is 1. The van der Waals surface area contributed by atoms with E-state index in [-0.39, 0.29) is 5.82 Å². The molecule has 0 aliphatic heterocycles. The summed E-state index contributed by atoms with van der Waals surface area (Å²) < 4.78 is 5.79. The van der Waals surface area contributed by atoms with Crippen molar-refractivity contribution in [3.8, 4) is 5.75 Å². The van der Waals surface area contributed by atoms with Crippen LogP contribution in [0, 0.1) is 0 Å². The molecule has 0 aliphatic carbocycles. The number of benzene rings is 2. The SMILES string of the molecule is CCO/N=C/c1c(N)ncnc1Nc1ccc(OCc2ccccc2)c(Cl)c1. The van der Waals surface area contributed by atoms with Gasteiger partial charge in [0.25, 0.3) is 0 Å². The molecule has 0 atom stereocenters. The van der Waals surface area contributed by atoms with Gasteiger partial charge in [0.1, 0.15) is 36.9 Å². The molecule has 0 unspecified atom stereocenters. The van der Waals surface area contributed by atoms with E-state index in [2.05, 4.69) is 20.4 Å². The molecule has 0 saturated carbocycles. The van der Waals surface area contributed by atoms with E-state index in [1.807, 2.05) is 43.3 Å². The first kappa shape index (κ1) is 19.4. The zero-order valence-corrected chi connectivity index (χ0v) is 16.1. The number of aromatic nitrogens is 2. The van der Waals surface area contributed by atoms with E-state index in [0.717, 1.165) is 11.3 Å². The highest BCUT2D eigenvalue weighted by molar-refractivity contribution is 6.32. The Hall–Kier alpha value is -3.32. The third-order valence-electron chi connectivity index (χ3n) is 3.73. The van der Waals surface area contributed by atoms with Crippen LogP contribution in [-0.2, 0) is 11.4 Å². The number of nitrogens with zero attached hydrogens (tertiary/aromatic N) is 3. The van der Waals surface area contributed by atoms with Crippen LogP contribution < -0.4 is 15.8 Å². The van der Waals surface area contributed by atoms with Crippen molar-refractivity contribution in [2.75, 3.05) is 17.7 Å². The van der Waals surface area contributed by atoms with Crippen LogP contribution in [0.4, 0.5) is 17.3 Å². The Morgan fingerprint density at radius 1 is 1.18 bits per heavy atom. The monoisotopic (exact) mass is 397 g/mol. The van der Waals surface area contributed by atoms with Gasteiger partial charge in [-0.15, -0.1) is 0 Å². The summed E-state index contributed by atoms with van der Waals surface area (Å²) in [6.07, 6.45) is 2.84. The molecular weight excluding hydrogens is 378 g/mol. The number of hydrogen-bond donors (Lipinski definition) is 2. The molecule has 1 heterocycles. The van der Waals surface area contributed by atoms with Crippen LogP contribution in [-0.4, -0.2) is 22.8 Å². The Balaban J connectivity index is 1.73. The average molecular weight is 398 g/mol. The highest BCUT2D eigenvalue weighted by atomic mass is 35.5. The van der Waals surface area contributed by atoms with Crippen molar-refractivity contribution in [1.82, 2.24) is 9.97 Å². The molecule has 2 aromatic carbocycles. The highest BCUT2D eigenvalue weighted by Gasteiger charge is 2.10. The molecule has 0 aliphatic rings. The van der Waals surface area contributed by atoms with Crippen molar-refractivity contribution in [3.63, 3.8) is 0 Å². The lowest BCUT2D eigenvalue weighted by atomic mass is 10.2. The average Bonchev–Trinajstić information content (AvgIpc) is 2.70. The zero-order chi connectivity index (χ0) is 19.8. The van der Waals surface area contributed by atoms with Crippen LogP contribution in [0.25, 0.3) is 0 Å². The first-order chi connectivity index (χ1) is 13.7. The Morgan fingerprint density at radius 2 is 2.00 bits per heavy atom. The maximum Gasteiger partial charge on any atom is 0.144 e. The van der Waals surface area contributed by atoms with Crippen LogP contribution in [0.15, 0.2) is 60.0 Å². The third kappa shape index (κ3) is 5.11. The molecule has 7 nitrogen and oxygen atoms in total. The second-order valence-electron chi connectivity index (χ2n) is 5.72. The predicted molar refractivity (Wildman–Crippen MR) is 111 cm³/mol. The number of nitrogen functional groups attached to an aromatic ring is 1. The Labute approximate surface area is 168 Å². The number of nitrogens with two attached hydrogens (primary N) is 1. The molecule has 0 saturated heterocycles. The van der Waals surface area contributed by atoms with Gasteiger partial charge in [-0.2, -0.15) is 0 Å². The Morgan fingerprint density at radius 3 is 2.75 bits per heavy atom. The van der Waals surface area contributed by atoms with Crippen molar-refractivity contribution in [1.29, 1.82) is 0 Å². The molecule has 8 heteroatoms. The zero-order valence-electron chi connectivity index (χ0n) is 15.3. The lowest BCUT2D eigenvalue weighted by molar-refractivity contribution is 0.160. The molecule has 0 bridgehead atoms. The summed E-state index contributed by atoms with van der Waals surface area (Å²) in [4.78, 5) is 13.2. The molecule has 3 N–H and O–H groups in total. The quantitative estimate of drug-likeness (QED) is 0.432. The molecule has 3 rings (SSSR count). The van der Waals surface area contributed by atoms with Gasteiger partial charge in [-0.25, -0.2) is 9.97 Å². The molecule has 0 amide bonds. The van der Waals surface area contributed by atoms with Gasteiger partial charge in [-0.1, -0.05) is 47.1 Å². The van der Waals surface area contributed by atoms with Crippen LogP contribution in [0.2, 0.25) is 5.02 Å². The predicted octanol–water partition coefficient (Wildman–Crippen LogP) is 4.41. The van der Waals surface area contributed by atoms with Crippen LogP contribution in [0.3, 0.4) is 0 Å². The van der Waals surface area contributed by atoms with E-state index in [9.17, 15) is 0 Å². The minimum atomic E-state index is 0.287. The summed E-state index contributed by atoms with van der Waals surface area (Å²) in [7, 11) is 0. The summed E-state index contributed by atoms with van der Waals surface area (Å²) >= 11 is 6.37. The van der Waals surface area contributed by atoms with Crippen molar-refractivity contribution in [2.24, 2.45) is 5.16 Å². The van der Waals surface area contributed by atoms with E-state index >= 15 is 0 Å². The van der Waals surface area contributed by atoms with Gasteiger partial charge in [0.2, 0.25) is 0 Å². The topological polar surface area (TPSA) is 94.7 Å². The number of nitrogens with one attached hydrogen (secondary N) is 1. The highest BCUT2D eigenvalue weighted by Crippen LogP contribution is 2.30. The van der Waals surface area contributed by atoms with E-state index in [1.54, 1.807) is 12.1 Å². The van der Waals surface area contributed by atoms with Crippen LogP contribution in [0.1, 0.15) is 18.1 Å². The van der Waals surface area contributed by atoms with Gasteiger partial charge in [-0.3, -0.25) is 0 Å². The second kappa shape index (κ2) is 9.57. The minimum Gasteiger partial charge on any atom is -0.487 e. The molecule has 144 valence electrons. The van der Waals surface area contributed by atoms with E-state index in [1.165, 1.54) is 12.5 Å². The molecule has 0 spiro atoms. The van der Waals surface area contributed by atoms with E-state index in [0.29, 0.717) is 35.4 Å². The molecule has 0 radical (unpaired) electrons. The van der Waals surface area contributed by atoms with Crippen molar-refractivity contribution >= 4 is 35.1 Å². The van der Waals surface area contributed by atoms with Crippen LogP contribution in [0.5, 0.6) is 5.75 Å². The second-order valence-corrected chi connectivity index (χ2v) is 6.13. The molecular formula is C20H20ClN5O2. The fourth-order valence-electron chi connectivity index (χ4n) is 2.37. The molecule has 3 aromatic rings. The standard InChI is InChI=1S/C20H20ClN5O2/c1-2-28-25-11-16-19(22)23-13-24-20(16)26-15-8-9-18(17(21)10-15)27-12-14-6-4-3-5-7-14/h3-11,13H,2,12H2,1H3,(H3,22,23,24,26)/b25-11+. The fraction of sp³-hybridized carbons (Fsp3) is 0.150. The van der Waals surface area contributed by atoms with Crippen molar-refractivity contribution in [2.45, 2.75) is 13.5 Å². The van der Waals surface area contributed by atoms with E-state index < -0.39 is 0 Å². The van der Waals surface area contributed by atoms with E-state index in [4.69, 9.17) is 26.9 Å². The van der Waals surface area contributed by atoms with Gasteiger partial charge in [0.05, 0.1) is 16.8 Å². The molecule has 1 aromatic heterocycles. The number of hydrogen-bond acceptors (Lipinski definition) is 7. The smallest absolute Gasteiger partial charge is 0.144 e. The summed E-state index contributed by atoms with van der Waals surface area (Å²) in [5.41, 5.74) is 8.24. The van der Waals surface area contributed by atoms with Gasteiger partial charge >= 0.3 is 0 Å². The summed E-state index contributed by atoms with van der Waals surface area (Å²) in [5, 5.41) is 7.48. The van der Waals surface area contributed by atoms with Gasteiger partial charge in [0.15, 0.2) is 0 Å². The minimum absolute atomic E-state index is 0.287. The fourth-order valence-corrected chi connectivity index (χ4v) is 2.60. The first-order valence-corrected chi connectivity index (χ1v) is 9.04. The molecule has 28 heavy (non-hydrogen) atoms. The van der Waals surface area contributed by atoms with Crippen molar-refractivity contribution < 1.29 is 9.57 Å². The lowest BCUT2D eigenvalue weighted by Gasteiger charge is -2.12. The van der Waals surface area contributed by atoms with Crippen LogP contribution >= 0.6 is 11.6 Å². The largest absolute Gasteiger partial charge is 0.487 e. The third-order valence-corrected chi connectivity index (χ3v) is 4.03. The number of oxime groups is 1.